The van der Waals surface area contributed by atoms with Gasteiger partial charge in [0, 0.05) is 19.1 Å². The number of amides is 2. The van der Waals surface area contributed by atoms with Gasteiger partial charge in [-0.1, -0.05) is 13.3 Å². The molecule has 116 valence electrons. The lowest BCUT2D eigenvalue weighted by Crippen LogP contribution is -2.49. The summed E-state index contributed by atoms with van der Waals surface area (Å²) in [7, 11) is 0. The van der Waals surface area contributed by atoms with Gasteiger partial charge in [-0.2, -0.15) is 0 Å². The average molecular weight is 286 g/mol. The summed E-state index contributed by atoms with van der Waals surface area (Å²) in [6.45, 7) is 4.70. The number of piperidine rings is 1. The van der Waals surface area contributed by atoms with Crippen molar-refractivity contribution in [2.45, 2.75) is 58.1 Å². The number of aliphatic hydroxyl groups excluding tert-OH is 1. The van der Waals surface area contributed by atoms with Crippen LogP contribution in [0.25, 0.3) is 0 Å². The highest BCUT2D eigenvalue weighted by atomic mass is 16.4. The van der Waals surface area contributed by atoms with Crippen molar-refractivity contribution in [3.8, 4) is 0 Å². The van der Waals surface area contributed by atoms with Gasteiger partial charge in [-0.25, -0.2) is 4.79 Å². The molecule has 1 heterocycles. The predicted octanol–water partition coefficient (Wildman–Crippen LogP) is 1.43. The van der Waals surface area contributed by atoms with Crippen LogP contribution < -0.4 is 5.32 Å². The molecule has 0 saturated carbocycles. The second-order valence-electron chi connectivity index (χ2n) is 5.76. The molecule has 1 rings (SSSR count). The molecule has 0 aliphatic carbocycles. The minimum atomic E-state index is -0.774. The number of aliphatic hydroxyl groups is 1. The molecule has 2 amide bonds. The van der Waals surface area contributed by atoms with E-state index in [9.17, 15) is 14.7 Å². The minimum absolute atomic E-state index is 0.0163. The Morgan fingerprint density at radius 2 is 2.05 bits per heavy atom. The monoisotopic (exact) mass is 286 g/mol. The number of nitrogens with zero attached hydrogens (tertiary/aromatic N) is 1. The third kappa shape index (κ3) is 5.77. The fourth-order valence-electron chi connectivity index (χ4n) is 2.37. The van der Waals surface area contributed by atoms with Crippen molar-refractivity contribution in [2.24, 2.45) is 5.92 Å². The van der Waals surface area contributed by atoms with Gasteiger partial charge in [-0.15, -0.1) is 0 Å². The van der Waals surface area contributed by atoms with E-state index in [2.05, 4.69) is 5.32 Å². The quantitative estimate of drug-likeness (QED) is 0.689. The van der Waals surface area contributed by atoms with Crippen LogP contribution >= 0.6 is 0 Å². The maximum Gasteiger partial charge on any atom is 0.317 e. The Kier molecular flexibility index (Phi) is 6.78. The highest BCUT2D eigenvalue weighted by molar-refractivity contribution is 5.74. The van der Waals surface area contributed by atoms with Gasteiger partial charge in [0.2, 0.25) is 0 Å². The Labute approximate surface area is 120 Å². The van der Waals surface area contributed by atoms with Crippen LogP contribution in [0.5, 0.6) is 0 Å². The maximum atomic E-state index is 12.0. The first-order valence-electron chi connectivity index (χ1n) is 7.36. The molecule has 0 aromatic carbocycles. The van der Waals surface area contributed by atoms with E-state index in [0.717, 1.165) is 25.7 Å². The van der Waals surface area contributed by atoms with Gasteiger partial charge >= 0.3 is 12.0 Å². The molecular formula is C14H26N2O4. The van der Waals surface area contributed by atoms with Crippen LogP contribution in [0, 0.1) is 5.92 Å². The smallest absolute Gasteiger partial charge is 0.317 e. The van der Waals surface area contributed by atoms with Gasteiger partial charge in [-0.3, -0.25) is 4.79 Å². The molecule has 1 aliphatic rings. The van der Waals surface area contributed by atoms with Crippen molar-refractivity contribution < 1.29 is 19.8 Å². The molecule has 3 atom stereocenters. The second-order valence-corrected chi connectivity index (χ2v) is 5.76. The van der Waals surface area contributed by atoms with E-state index in [1.165, 1.54) is 0 Å². The molecule has 0 bridgehead atoms. The normalized spacial score (nSPS) is 22.1. The molecule has 6 nitrogen and oxygen atoms in total. The van der Waals surface area contributed by atoms with Crippen molar-refractivity contribution in [3.63, 3.8) is 0 Å². The molecule has 3 N–H and O–H groups in total. The number of likely N-dealkylation sites (tertiary alicyclic amines) is 1. The van der Waals surface area contributed by atoms with Gasteiger partial charge in [0.15, 0.2) is 0 Å². The predicted molar refractivity (Wildman–Crippen MR) is 75.5 cm³/mol. The van der Waals surface area contributed by atoms with Gasteiger partial charge in [0.1, 0.15) is 0 Å². The van der Waals surface area contributed by atoms with E-state index in [0.29, 0.717) is 19.5 Å². The van der Waals surface area contributed by atoms with Crippen LogP contribution in [0.4, 0.5) is 4.79 Å². The molecule has 0 aromatic heterocycles. The Morgan fingerprint density at radius 1 is 1.35 bits per heavy atom. The number of β-amino-alcohol motifs (C(OH)–C–C–N with tert-alkyl or cyclic N) is 1. The molecule has 20 heavy (non-hydrogen) atoms. The highest BCUT2D eigenvalue weighted by Gasteiger charge is 2.22. The molecule has 0 aromatic rings. The van der Waals surface area contributed by atoms with Crippen LogP contribution in [0.15, 0.2) is 0 Å². The third-order valence-corrected chi connectivity index (χ3v) is 3.75. The summed E-state index contributed by atoms with van der Waals surface area (Å²) in [4.78, 5) is 24.3. The fraction of sp³-hybridized carbons (Fsp3) is 0.857. The molecule has 0 radical (unpaired) electrons. The summed E-state index contributed by atoms with van der Waals surface area (Å²) in [5.41, 5.74) is 0. The van der Waals surface area contributed by atoms with Crippen LogP contribution in [0.1, 0.15) is 46.0 Å². The Balaban J connectivity index is 2.22. The average Bonchev–Trinajstić information content (AvgIpc) is 2.38. The molecule has 1 saturated heterocycles. The topological polar surface area (TPSA) is 89.9 Å². The fourth-order valence-corrected chi connectivity index (χ4v) is 2.37. The maximum absolute atomic E-state index is 12.0. The van der Waals surface area contributed by atoms with E-state index >= 15 is 0 Å². The zero-order chi connectivity index (χ0) is 15.1. The first-order chi connectivity index (χ1) is 9.40. The van der Waals surface area contributed by atoms with E-state index < -0.39 is 12.1 Å². The number of carbonyl (C=O) groups is 2. The number of nitrogens with one attached hydrogen (secondary N) is 1. The lowest BCUT2D eigenvalue weighted by Gasteiger charge is -2.31. The standard InChI is InChI=1S/C14H26N2O4/c1-10(13(18)19)5-3-6-11(2)15-14(20)16-8-4-7-12(17)9-16/h10-12,17H,3-9H2,1-2H3,(H,15,20)(H,18,19). The number of carboxylic acid groups (broad SMARTS) is 1. The minimum Gasteiger partial charge on any atom is -0.481 e. The van der Waals surface area contributed by atoms with E-state index in [1.54, 1.807) is 11.8 Å². The number of carboxylic acids is 1. The number of urea groups is 1. The molecule has 1 aliphatic heterocycles. The Bertz CT molecular complexity index is 335. The summed E-state index contributed by atoms with van der Waals surface area (Å²) in [6, 6.07) is -0.120. The zero-order valence-corrected chi connectivity index (χ0v) is 12.3. The van der Waals surface area contributed by atoms with Crippen LogP contribution in [0.2, 0.25) is 0 Å². The lowest BCUT2D eigenvalue weighted by atomic mass is 10.0. The molecule has 3 unspecified atom stereocenters. The number of rotatable bonds is 6. The number of carbonyl (C=O) groups excluding carboxylic acids is 1. The van der Waals surface area contributed by atoms with Crippen molar-refractivity contribution in [3.05, 3.63) is 0 Å². The summed E-state index contributed by atoms with van der Waals surface area (Å²) < 4.78 is 0. The second kappa shape index (κ2) is 8.09. The van der Waals surface area contributed by atoms with Gasteiger partial charge in [0.05, 0.1) is 12.0 Å². The van der Waals surface area contributed by atoms with E-state index in [4.69, 9.17) is 5.11 Å². The lowest BCUT2D eigenvalue weighted by molar-refractivity contribution is -0.141. The van der Waals surface area contributed by atoms with Crippen LogP contribution in [-0.4, -0.2) is 52.3 Å². The molecular weight excluding hydrogens is 260 g/mol. The highest BCUT2D eigenvalue weighted by Crippen LogP contribution is 2.12. The molecule has 1 fully saturated rings. The summed E-state index contributed by atoms with van der Waals surface area (Å²) in [6.07, 6.45) is 3.34. The van der Waals surface area contributed by atoms with Gasteiger partial charge in [-0.05, 0) is 32.6 Å². The van der Waals surface area contributed by atoms with Crippen molar-refractivity contribution in [2.75, 3.05) is 13.1 Å². The number of hydrogen-bond acceptors (Lipinski definition) is 3. The largest absolute Gasteiger partial charge is 0.481 e. The van der Waals surface area contributed by atoms with Crippen LogP contribution in [-0.2, 0) is 4.79 Å². The van der Waals surface area contributed by atoms with Crippen molar-refractivity contribution in [1.29, 1.82) is 0 Å². The van der Waals surface area contributed by atoms with Crippen molar-refractivity contribution >= 4 is 12.0 Å². The SMILES string of the molecule is CC(CCCC(C)C(=O)O)NC(=O)N1CCCC(O)C1. The summed E-state index contributed by atoms with van der Waals surface area (Å²) >= 11 is 0. The first-order valence-corrected chi connectivity index (χ1v) is 7.36. The number of aliphatic carboxylic acids is 1. The number of hydrogen-bond donors (Lipinski definition) is 3. The van der Waals surface area contributed by atoms with Gasteiger partial charge in [0.25, 0.3) is 0 Å². The van der Waals surface area contributed by atoms with E-state index in [-0.39, 0.29) is 18.0 Å². The molecule has 0 spiro atoms. The zero-order valence-electron chi connectivity index (χ0n) is 12.3. The molecule has 6 heteroatoms. The van der Waals surface area contributed by atoms with E-state index in [1.807, 2.05) is 6.92 Å². The Morgan fingerprint density at radius 3 is 2.65 bits per heavy atom. The van der Waals surface area contributed by atoms with Gasteiger partial charge < -0.3 is 20.4 Å². The summed E-state index contributed by atoms with van der Waals surface area (Å²) in [5, 5.41) is 21.2. The van der Waals surface area contributed by atoms with Crippen LogP contribution in [0.3, 0.4) is 0 Å². The Hall–Kier alpha value is -1.30. The third-order valence-electron chi connectivity index (χ3n) is 3.75. The summed E-state index contributed by atoms with van der Waals surface area (Å²) in [5.74, 6) is -1.11. The van der Waals surface area contributed by atoms with Crippen molar-refractivity contribution in [1.82, 2.24) is 10.2 Å². The first kappa shape index (κ1) is 16.8.